The Morgan fingerprint density at radius 3 is 2.77 bits per heavy atom. The van der Waals surface area contributed by atoms with E-state index in [1.54, 1.807) is 5.32 Å². The SMILES string of the molecule is [2H]c1c([2H])c([2H])c2c([C@H](NC([2H])([2H])C([2H])([2H])C([2H])([2H])c3cccc(C(F)(F)F)c3)C([2H])([2H])[2H])c([2H])c([2H])c([2H])c2c1[2H]. The Balaban J connectivity index is 2.30. The quantitative estimate of drug-likeness (QED) is 0.547. The van der Waals surface area contributed by atoms with Crippen LogP contribution >= 0.6 is 0 Å². The van der Waals surface area contributed by atoms with Crippen LogP contribution in [0, 0.1) is 0 Å². The number of rotatable bonds is 6. The molecule has 0 fully saturated rings. The lowest BCUT2D eigenvalue weighted by atomic mass is 9.99. The molecule has 0 spiro atoms. The number of hydrogen-bond donors (Lipinski definition) is 1. The van der Waals surface area contributed by atoms with Gasteiger partial charge in [-0.05, 0) is 54.1 Å². The summed E-state index contributed by atoms with van der Waals surface area (Å²) in [7, 11) is 0. The van der Waals surface area contributed by atoms with E-state index >= 15 is 0 Å². The molecule has 0 saturated carbocycles. The van der Waals surface area contributed by atoms with Crippen molar-refractivity contribution < 1.29 is 35.1 Å². The summed E-state index contributed by atoms with van der Waals surface area (Å²) in [6.45, 7) is -7.20. The third-order valence-corrected chi connectivity index (χ3v) is 3.31. The van der Waals surface area contributed by atoms with E-state index in [0.29, 0.717) is 6.07 Å². The Morgan fingerprint density at radius 1 is 1.15 bits per heavy atom. The highest BCUT2D eigenvalue weighted by Crippen LogP contribution is 2.29. The number of halogens is 3. The summed E-state index contributed by atoms with van der Waals surface area (Å²) >= 11 is 0. The summed E-state index contributed by atoms with van der Waals surface area (Å²) in [6, 6.07) is -6.52. The molecular formula is C22H22F3N. The van der Waals surface area contributed by atoms with Crippen molar-refractivity contribution in [1.29, 1.82) is 0 Å². The molecule has 0 aromatic heterocycles. The Bertz CT molecular complexity index is 1540. The molecule has 3 aromatic rings. The van der Waals surface area contributed by atoms with Gasteiger partial charge in [0.1, 0.15) is 0 Å². The Hall–Kier alpha value is -2.33. The van der Waals surface area contributed by atoms with Crippen molar-refractivity contribution >= 4 is 10.8 Å². The van der Waals surface area contributed by atoms with Crippen molar-refractivity contribution in [1.82, 2.24) is 5.32 Å². The van der Waals surface area contributed by atoms with E-state index < -0.39 is 108 Å². The van der Waals surface area contributed by atoms with Crippen LogP contribution < -0.4 is 5.32 Å². The molecule has 0 unspecified atom stereocenters. The van der Waals surface area contributed by atoms with E-state index in [9.17, 15) is 13.2 Å². The zero-order chi connectivity index (χ0) is 32.5. The number of aryl methyl sites for hydroxylation is 1. The van der Waals surface area contributed by atoms with Gasteiger partial charge in [0.2, 0.25) is 0 Å². The van der Waals surface area contributed by atoms with Gasteiger partial charge < -0.3 is 5.32 Å². The van der Waals surface area contributed by atoms with Crippen LogP contribution in [-0.4, -0.2) is 6.50 Å². The molecule has 0 heterocycles. The van der Waals surface area contributed by atoms with E-state index in [1.807, 2.05) is 0 Å². The molecule has 1 atom stereocenters. The standard InChI is InChI=1S/C22H22F3N/c1-16(20-13-5-10-18-9-2-3-12-21(18)20)26-14-6-8-17-7-4-11-19(15-17)22(23,24)25/h2-5,7,9-13,15-16,26H,6,8,14H2,1H3/t16-/m1/s1/i1D3,2D,3D,5D,6D2,8D2,9D,10D,12D,13D,14D2. The van der Waals surface area contributed by atoms with Gasteiger partial charge in [-0.15, -0.1) is 0 Å². The maximum atomic E-state index is 13.3. The Kier molecular flexibility index (Phi) is 2.13. The van der Waals surface area contributed by atoms with Crippen molar-refractivity contribution in [3.63, 3.8) is 0 Å². The highest BCUT2D eigenvalue weighted by molar-refractivity contribution is 5.86. The first-order valence-corrected chi connectivity index (χ1v) is 7.25. The molecule has 4 heteroatoms. The minimum atomic E-state index is -4.95. The topological polar surface area (TPSA) is 12.0 Å². The molecule has 3 aromatic carbocycles. The van der Waals surface area contributed by atoms with Crippen LogP contribution in [0.4, 0.5) is 13.2 Å². The minimum absolute atomic E-state index is 0.278. The van der Waals surface area contributed by atoms with Crippen molar-refractivity contribution in [3.8, 4) is 0 Å². The number of nitrogens with one attached hydrogen (secondary N) is 1. The summed E-state index contributed by atoms with van der Waals surface area (Å²) < 4.78 is 171. The number of fused-ring (bicyclic) bond motifs is 1. The fourth-order valence-electron chi connectivity index (χ4n) is 2.11. The third kappa shape index (κ3) is 4.44. The number of hydrogen-bond acceptors (Lipinski definition) is 1. The van der Waals surface area contributed by atoms with Gasteiger partial charge in [-0.1, -0.05) is 60.5 Å². The summed E-state index contributed by atoms with van der Waals surface area (Å²) in [6.07, 6.45) is -12.3. The second-order valence-corrected chi connectivity index (χ2v) is 5.07. The van der Waals surface area contributed by atoms with Crippen molar-refractivity contribution in [2.24, 2.45) is 0 Å². The maximum Gasteiger partial charge on any atom is 0.416 e. The predicted octanol–water partition coefficient (Wildman–Crippen LogP) is 6.14. The van der Waals surface area contributed by atoms with E-state index in [-0.39, 0.29) is 6.07 Å². The molecular weight excluding hydrogens is 335 g/mol. The summed E-state index contributed by atoms with van der Waals surface area (Å²) in [5.41, 5.74) is -3.19. The van der Waals surface area contributed by atoms with Gasteiger partial charge in [0.25, 0.3) is 0 Å². The van der Waals surface area contributed by atoms with Crippen molar-refractivity contribution in [2.75, 3.05) is 6.50 Å². The van der Waals surface area contributed by atoms with Gasteiger partial charge in [-0.3, -0.25) is 0 Å². The highest BCUT2D eigenvalue weighted by atomic mass is 19.4. The molecule has 3 rings (SSSR count). The fraction of sp³-hybridized carbons (Fsp3) is 0.273. The van der Waals surface area contributed by atoms with Crippen LogP contribution in [0.3, 0.4) is 0 Å². The van der Waals surface area contributed by atoms with Gasteiger partial charge in [0, 0.05) is 18.4 Å². The molecule has 0 bridgehead atoms. The average Bonchev–Trinajstić information content (AvgIpc) is 2.87. The van der Waals surface area contributed by atoms with Gasteiger partial charge in [0.05, 0.1) is 15.2 Å². The lowest BCUT2D eigenvalue weighted by molar-refractivity contribution is -0.137. The van der Waals surface area contributed by atoms with Gasteiger partial charge in [-0.25, -0.2) is 0 Å². The largest absolute Gasteiger partial charge is 0.416 e. The monoisotopic (exact) mass is 373 g/mol. The first-order chi connectivity index (χ1) is 18.8. The smallest absolute Gasteiger partial charge is 0.310 e. The van der Waals surface area contributed by atoms with E-state index in [0.717, 1.165) is 12.1 Å². The summed E-state index contributed by atoms with van der Waals surface area (Å²) in [5.74, 6) is 0. The van der Waals surface area contributed by atoms with E-state index in [4.69, 9.17) is 21.9 Å². The second kappa shape index (κ2) is 7.92. The number of alkyl halides is 3. The molecule has 0 saturated heterocycles. The van der Waals surface area contributed by atoms with Crippen LogP contribution in [0.15, 0.2) is 66.6 Å². The second-order valence-electron chi connectivity index (χ2n) is 5.07. The van der Waals surface area contributed by atoms with Crippen molar-refractivity contribution in [3.05, 3.63) is 83.3 Å². The van der Waals surface area contributed by atoms with Gasteiger partial charge >= 0.3 is 6.18 Å². The Morgan fingerprint density at radius 2 is 1.96 bits per heavy atom. The zero-order valence-corrected chi connectivity index (χ0v) is 13.0. The lowest BCUT2D eigenvalue weighted by Gasteiger charge is -2.17. The molecule has 0 aliphatic rings. The molecule has 1 N–H and O–H groups in total. The predicted molar refractivity (Wildman–Crippen MR) is 100 cm³/mol. The summed E-state index contributed by atoms with van der Waals surface area (Å²) in [5, 5.41) is 0.407. The van der Waals surface area contributed by atoms with Crippen LogP contribution in [0.2, 0.25) is 0 Å². The number of benzene rings is 3. The fourth-order valence-corrected chi connectivity index (χ4v) is 2.11. The molecule has 136 valence electrons. The van der Waals surface area contributed by atoms with Crippen LogP contribution in [0.5, 0.6) is 0 Å². The van der Waals surface area contributed by atoms with Gasteiger partial charge in [0.15, 0.2) is 0 Å². The molecule has 0 aliphatic carbocycles. The van der Waals surface area contributed by atoms with Crippen LogP contribution in [-0.2, 0) is 12.5 Å². The van der Waals surface area contributed by atoms with E-state index in [2.05, 4.69) is 0 Å². The van der Waals surface area contributed by atoms with Gasteiger partial charge in [-0.2, -0.15) is 13.2 Å². The Labute approximate surface area is 174 Å². The molecule has 1 nitrogen and oxygen atoms in total. The first-order valence-electron chi connectivity index (χ1n) is 15.3. The molecule has 0 amide bonds. The first kappa shape index (κ1) is 7.01. The molecule has 0 aliphatic heterocycles. The van der Waals surface area contributed by atoms with Crippen LogP contribution in [0.25, 0.3) is 10.8 Å². The normalized spacial score (nSPS) is 24.1. The zero-order valence-electron chi connectivity index (χ0n) is 29.0. The molecule has 26 heavy (non-hydrogen) atoms. The van der Waals surface area contributed by atoms with Crippen molar-refractivity contribution in [2.45, 2.75) is 31.8 Å². The van der Waals surface area contributed by atoms with E-state index in [1.165, 1.54) is 0 Å². The highest BCUT2D eigenvalue weighted by Gasteiger charge is 2.30. The maximum absolute atomic E-state index is 13.3. The average molecular weight is 374 g/mol. The summed E-state index contributed by atoms with van der Waals surface area (Å²) in [4.78, 5) is 0. The molecule has 0 radical (unpaired) electrons. The van der Waals surface area contributed by atoms with Crippen LogP contribution in [0.1, 0.15) is 57.9 Å². The lowest BCUT2D eigenvalue weighted by Crippen LogP contribution is -2.20. The third-order valence-electron chi connectivity index (χ3n) is 3.31. The minimum Gasteiger partial charge on any atom is -0.310 e.